The van der Waals surface area contributed by atoms with Crippen LogP contribution in [0.15, 0.2) is 72.8 Å². The summed E-state index contributed by atoms with van der Waals surface area (Å²) in [6, 6.07) is 25.1. The van der Waals surface area contributed by atoms with Crippen molar-refractivity contribution in [3.63, 3.8) is 0 Å². The molecular weight excluding hydrogens is 436 g/mol. The van der Waals surface area contributed by atoms with Crippen molar-refractivity contribution in [2.75, 3.05) is 6.54 Å². The minimum absolute atomic E-state index is 0.246. The van der Waals surface area contributed by atoms with Gasteiger partial charge in [0.25, 0.3) is 0 Å². The highest BCUT2D eigenvalue weighted by atomic mass is 15.5. The Bertz CT molecular complexity index is 1380. The standard InChI is InChI=1S/C27H28N8/c1-18(2)25-29-27(22-13-7-19(8-14-22)15-16-28)35(32-25)17-20-9-11-21(12-10-20)23-5-3-4-6-24(23)26-30-33-34-31-26/h3-14,18H,15-17,28H2,1-2H3,(H,30,31,33,34). The van der Waals surface area contributed by atoms with E-state index in [1.54, 1.807) is 0 Å². The van der Waals surface area contributed by atoms with Crippen LogP contribution in [0.4, 0.5) is 0 Å². The molecule has 0 amide bonds. The van der Waals surface area contributed by atoms with Crippen LogP contribution in [0.1, 0.15) is 36.7 Å². The molecule has 0 fully saturated rings. The Hall–Kier alpha value is -4.17. The first-order chi connectivity index (χ1) is 17.1. The number of hydrogen-bond donors (Lipinski definition) is 2. The first kappa shape index (κ1) is 22.6. The lowest BCUT2D eigenvalue weighted by molar-refractivity contribution is 0.662. The normalized spacial score (nSPS) is 11.3. The Balaban J connectivity index is 1.43. The quantitative estimate of drug-likeness (QED) is 0.351. The number of nitrogens with zero attached hydrogens (tertiary/aromatic N) is 6. The summed E-state index contributed by atoms with van der Waals surface area (Å²) in [4.78, 5) is 4.86. The van der Waals surface area contributed by atoms with Crippen molar-refractivity contribution in [3.05, 3.63) is 89.7 Å². The Labute approximate surface area is 204 Å². The van der Waals surface area contributed by atoms with E-state index in [2.05, 4.69) is 89.1 Å². The Morgan fingerprint density at radius 3 is 2.20 bits per heavy atom. The number of tetrazole rings is 1. The van der Waals surface area contributed by atoms with E-state index in [4.69, 9.17) is 15.8 Å². The smallest absolute Gasteiger partial charge is 0.180 e. The first-order valence-electron chi connectivity index (χ1n) is 11.8. The van der Waals surface area contributed by atoms with Gasteiger partial charge < -0.3 is 5.73 Å². The SMILES string of the molecule is CC(C)c1nc(-c2ccc(CCN)cc2)n(Cc2ccc(-c3ccccc3-c3nnn[nH]3)cc2)n1. The van der Waals surface area contributed by atoms with E-state index in [1.165, 1.54) is 5.56 Å². The summed E-state index contributed by atoms with van der Waals surface area (Å²) in [6.07, 6.45) is 0.868. The molecule has 5 rings (SSSR count). The molecule has 0 aliphatic carbocycles. The van der Waals surface area contributed by atoms with E-state index in [9.17, 15) is 0 Å². The molecule has 0 saturated carbocycles. The summed E-state index contributed by atoms with van der Waals surface area (Å²) in [5, 5.41) is 19.2. The molecule has 2 aromatic heterocycles. The van der Waals surface area contributed by atoms with Crippen LogP contribution in [0.25, 0.3) is 33.9 Å². The van der Waals surface area contributed by atoms with Crippen molar-refractivity contribution in [2.45, 2.75) is 32.7 Å². The molecular formula is C27H28N8. The van der Waals surface area contributed by atoms with E-state index < -0.39 is 0 Å². The molecule has 8 heteroatoms. The van der Waals surface area contributed by atoms with Crippen molar-refractivity contribution in [1.82, 2.24) is 35.4 Å². The van der Waals surface area contributed by atoms with Crippen molar-refractivity contribution in [2.24, 2.45) is 5.73 Å². The number of nitrogens with two attached hydrogens (primary N) is 1. The van der Waals surface area contributed by atoms with E-state index in [1.807, 2.05) is 22.9 Å². The second kappa shape index (κ2) is 9.99. The van der Waals surface area contributed by atoms with E-state index in [0.717, 1.165) is 45.9 Å². The fraction of sp³-hybridized carbons (Fsp3) is 0.222. The summed E-state index contributed by atoms with van der Waals surface area (Å²) in [6.45, 7) is 5.50. The average Bonchev–Trinajstić information content (AvgIpc) is 3.56. The van der Waals surface area contributed by atoms with Crippen molar-refractivity contribution in [1.29, 1.82) is 0 Å². The number of H-pyrrole nitrogens is 1. The van der Waals surface area contributed by atoms with Gasteiger partial charge in [-0.3, -0.25) is 0 Å². The number of hydrogen-bond acceptors (Lipinski definition) is 6. The Kier molecular flexibility index (Phi) is 6.45. The number of benzene rings is 3. The van der Waals surface area contributed by atoms with Crippen LogP contribution in [0.5, 0.6) is 0 Å². The van der Waals surface area contributed by atoms with Gasteiger partial charge in [-0.25, -0.2) is 14.8 Å². The number of nitrogens with one attached hydrogen (secondary N) is 1. The molecule has 0 aliphatic rings. The van der Waals surface area contributed by atoms with E-state index in [-0.39, 0.29) is 5.92 Å². The third kappa shape index (κ3) is 4.88. The average molecular weight is 465 g/mol. The molecule has 0 aliphatic heterocycles. The number of rotatable bonds is 8. The van der Waals surface area contributed by atoms with Crippen molar-refractivity contribution < 1.29 is 0 Å². The zero-order chi connectivity index (χ0) is 24.2. The van der Waals surface area contributed by atoms with Crippen LogP contribution >= 0.6 is 0 Å². The molecule has 8 nitrogen and oxygen atoms in total. The van der Waals surface area contributed by atoms with Gasteiger partial charge in [0.2, 0.25) is 0 Å². The molecule has 0 atom stereocenters. The van der Waals surface area contributed by atoms with Gasteiger partial charge in [0, 0.05) is 17.0 Å². The second-order valence-electron chi connectivity index (χ2n) is 8.83. The molecule has 0 unspecified atom stereocenters. The van der Waals surface area contributed by atoms with Gasteiger partial charge in [-0.2, -0.15) is 5.10 Å². The predicted molar refractivity (Wildman–Crippen MR) is 136 cm³/mol. The Morgan fingerprint density at radius 1 is 0.857 bits per heavy atom. The maximum absolute atomic E-state index is 5.70. The fourth-order valence-electron chi connectivity index (χ4n) is 4.09. The maximum atomic E-state index is 5.70. The minimum Gasteiger partial charge on any atom is -0.330 e. The van der Waals surface area contributed by atoms with Gasteiger partial charge in [-0.15, -0.1) is 5.10 Å². The molecule has 0 spiro atoms. The van der Waals surface area contributed by atoms with Crippen LogP contribution in [-0.4, -0.2) is 41.9 Å². The van der Waals surface area contributed by atoms with Gasteiger partial charge in [0.15, 0.2) is 17.5 Å². The lowest BCUT2D eigenvalue weighted by atomic mass is 9.98. The van der Waals surface area contributed by atoms with Gasteiger partial charge in [0.1, 0.15) is 0 Å². The lowest BCUT2D eigenvalue weighted by Crippen LogP contribution is -2.05. The summed E-state index contributed by atoms with van der Waals surface area (Å²) in [7, 11) is 0. The van der Waals surface area contributed by atoms with Crippen LogP contribution in [0.3, 0.4) is 0 Å². The van der Waals surface area contributed by atoms with Gasteiger partial charge in [-0.1, -0.05) is 86.6 Å². The molecule has 3 aromatic carbocycles. The highest BCUT2D eigenvalue weighted by molar-refractivity contribution is 5.80. The largest absolute Gasteiger partial charge is 0.330 e. The van der Waals surface area contributed by atoms with Crippen LogP contribution in [0.2, 0.25) is 0 Å². The first-order valence-corrected chi connectivity index (χ1v) is 11.8. The summed E-state index contributed by atoms with van der Waals surface area (Å²) in [5.41, 5.74) is 12.2. The maximum Gasteiger partial charge on any atom is 0.180 e. The van der Waals surface area contributed by atoms with Gasteiger partial charge in [0.05, 0.1) is 6.54 Å². The van der Waals surface area contributed by atoms with Gasteiger partial charge in [-0.05, 0) is 45.6 Å². The van der Waals surface area contributed by atoms with Crippen LogP contribution < -0.4 is 5.73 Å². The minimum atomic E-state index is 0.246. The van der Waals surface area contributed by atoms with Crippen LogP contribution in [0, 0.1) is 0 Å². The van der Waals surface area contributed by atoms with Gasteiger partial charge >= 0.3 is 0 Å². The summed E-state index contributed by atoms with van der Waals surface area (Å²) >= 11 is 0. The zero-order valence-electron chi connectivity index (χ0n) is 19.9. The summed E-state index contributed by atoms with van der Waals surface area (Å²) in [5.74, 6) is 2.61. The van der Waals surface area contributed by atoms with E-state index in [0.29, 0.717) is 18.9 Å². The zero-order valence-corrected chi connectivity index (χ0v) is 19.9. The van der Waals surface area contributed by atoms with Crippen molar-refractivity contribution >= 4 is 0 Å². The molecule has 176 valence electrons. The Morgan fingerprint density at radius 2 is 1.54 bits per heavy atom. The third-order valence-electron chi connectivity index (χ3n) is 5.97. The molecule has 0 saturated heterocycles. The molecule has 3 N–H and O–H groups in total. The second-order valence-corrected chi connectivity index (χ2v) is 8.83. The van der Waals surface area contributed by atoms with Crippen LogP contribution in [-0.2, 0) is 13.0 Å². The molecule has 0 radical (unpaired) electrons. The lowest BCUT2D eigenvalue weighted by Gasteiger charge is -2.10. The number of aromatic nitrogens is 7. The fourth-order valence-corrected chi connectivity index (χ4v) is 4.09. The summed E-state index contributed by atoms with van der Waals surface area (Å²) < 4.78 is 2.00. The highest BCUT2D eigenvalue weighted by Gasteiger charge is 2.15. The topological polar surface area (TPSA) is 111 Å². The van der Waals surface area contributed by atoms with E-state index >= 15 is 0 Å². The molecule has 0 bridgehead atoms. The molecule has 2 heterocycles. The number of aromatic amines is 1. The molecule has 35 heavy (non-hydrogen) atoms. The highest BCUT2D eigenvalue weighted by Crippen LogP contribution is 2.30. The molecule has 5 aromatic rings. The van der Waals surface area contributed by atoms with Crippen molar-refractivity contribution in [3.8, 4) is 33.9 Å². The monoisotopic (exact) mass is 464 g/mol. The predicted octanol–water partition coefficient (Wildman–Crippen LogP) is 4.47. The third-order valence-corrected chi connectivity index (χ3v) is 5.97.